The van der Waals surface area contributed by atoms with Crippen LogP contribution in [-0.2, 0) is 26.9 Å². The molecule has 0 N–H and O–H groups in total. The second kappa shape index (κ2) is 5.30. The third-order valence-corrected chi connectivity index (χ3v) is 3.81. The predicted octanol–water partition coefficient (Wildman–Crippen LogP) is 0.313. The van der Waals surface area contributed by atoms with Crippen molar-refractivity contribution in [2.24, 2.45) is 0 Å². The van der Waals surface area contributed by atoms with Crippen LogP contribution in [0.3, 0.4) is 0 Å². The summed E-state index contributed by atoms with van der Waals surface area (Å²) in [5, 5.41) is 0. The van der Waals surface area contributed by atoms with Gasteiger partial charge in [0.1, 0.15) is 17.3 Å². The van der Waals surface area contributed by atoms with Crippen LogP contribution in [0.15, 0.2) is 24.3 Å². The number of ether oxygens (including phenoxy) is 1. The molecule has 1 saturated heterocycles. The summed E-state index contributed by atoms with van der Waals surface area (Å²) in [4.78, 5) is 24.4. The van der Waals surface area contributed by atoms with E-state index in [0.29, 0.717) is 0 Å². The van der Waals surface area contributed by atoms with Crippen LogP contribution >= 0.6 is 0 Å². The Hall–Kier alpha value is -1.69. The van der Waals surface area contributed by atoms with Crippen LogP contribution in [0.2, 0.25) is 0 Å². The Balaban J connectivity index is 2.10. The van der Waals surface area contributed by atoms with Crippen molar-refractivity contribution in [1.29, 1.82) is 0 Å². The lowest BCUT2D eigenvalue weighted by Crippen LogP contribution is -2.46. The summed E-state index contributed by atoms with van der Waals surface area (Å²) >= 11 is 0. The van der Waals surface area contributed by atoms with Gasteiger partial charge in [-0.05, 0) is 17.7 Å². The van der Waals surface area contributed by atoms with E-state index in [1.54, 1.807) is 31.4 Å². The highest BCUT2D eigenvalue weighted by Gasteiger charge is 2.30. The average Bonchev–Trinajstić information content (AvgIpc) is 2.34. The molecule has 0 aromatic heterocycles. The maximum atomic E-state index is 11.6. The summed E-state index contributed by atoms with van der Waals surface area (Å²) in [6, 6.07) is 7.13. The van der Waals surface area contributed by atoms with Gasteiger partial charge in [0.05, 0.1) is 13.7 Å². The molecule has 0 radical (unpaired) electrons. The lowest BCUT2D eigenvalue weighted by atomic mass is 10.2. The van der Waals surface area contributed by atoms with Crippen molar-refractivity contribution in [3.63, 3.8) is 0 Å². The normalized spacial score (nSPS) is 17.1. The van der Waals surface area contributed by atoms with Crippen molar-refractivity contribution < 1.29 is 18.5 Å². The molecule has 1 aliphatic heterocycles. The van der Waals surface area contributed by atoms with E-state index in [4.69, 9.17) is 4.74 Å². The number of carbonyl (C=O) groups is 2. The molecule has 0 bridgehead atoms. The monoisotopic (exact) mass is 267 g/mol. The summed E-state index contributed by atoms with van der Waals surface area (Å²) in [6.07, 6.45) is 0. The van der Waals surface area contributed by atoms with Crippen LogP contribution in [-0.4, -0.2) is 39.5 Å². The van der Waals surface area contributed by atoms with E-state index >= 15 is 0 Å². The smallest absolute Gasteiger partial charge is 0.242 e. The zero-order valence-electron chi connectivity index (χ0n) is 9.92. The first-order chi connectivity index (χ1) is 8.60. The molecule has 6 heteroatoms. The van der Waals surface area contributed by atoms with Gasteiger partial charge in [-0.3, -0.25) is 18.7 Å². The molecule has 0 spiro atoms. The number of imide groups is 1. The first kappa shape index (κ1) is 12.8. The summed E-state index contributed by atoms with van der Waals surface area (Å²) in [7, 11) is 0.227. The molecule has 2 rings (SSSR count). The molecule has 1 heterocycles. The Bertz CT molecular complexity index is 477. The molecule has 18 heavy (non-hydrogen) atoms. The fourth-order valence-corrected chi connectivity index (χ4v) is 2.68. The highest BCUT2D eigenvalue weighted by molar-refractivity contribution is 7.86. The second-order valence-electron chi connectivity index (χ2n) is 3.95. The predicted molar refractivity (Wildman–Crippen MR) is 66.4 cm³/mol. The number of methoxy groups -OCH3 is 1. The molecular weight excluding hydrogens is 254 g/mol. The Labute approximate surface area is 107 Å². The first-order valence-electron chi connectivity index (χ1n) is 5.41. The standard InChI is InChI=1S/C12H13NO4S/c1-17-10-4-2-9(3-5-10)6-13-11(14)7-18(16)8-12(13)15/h2-5H,6-8H2,1H3. The van der Waals surface area contributed by atoms with Crippen LogP contribution < -0.4 is 4.74 Å². The van der Waals surface area contributed by atoms with E-state index in [1.807, 2.05) is 0 Å². The molecule has 0 saturated carbocycles. The van der Waals surface area contributed by atoms with Gasteiger partial charge in [0.25, 0.3) is 0 Å². The summed E-state index contributed by atoms with van der Waals surface area (Å²) in [5.41, 5.74) is 0.838. The van der Waals surface area contributed by atoms with Gasteiger partial charge < -0.3 is 4.74 Å². The summed E-state index contributed by atoms with van der Waals surface area (Å²) < 4.78 is 16.2. The molecule has 1 aromatic carbocycles. The number of nitrogens with zero attached hydrogens (tertiary/aromatic N) is 1. The van der Waals surface area contributed by atoms with Gasteiger partial charge >= 0.3 is 0 Å². The van der Waals surface area contributed by atoms with E-state index in [-0.39, 0.29) is 29.9 Å². The molecule has 2 amide bonds. The van der Waals surface area contributed by atoms with Gasteiger partial charge in [0, 0.05) is 10.8 Å². The van der Waals surface area contributed by atoms with Gasteiger partial charge in [-0.1, -0.05) is 12.1 Å². The molecule has 0 unspecified atom stereocenters. The largest absolute Gasteiger partial charge is 0.497 e. The zero-order valence-corrected chi connectivity index (χ0v) is 10.7. The van der Waals surface area contributed by atoms with E-state index in [0.717, 1.165) is 16.2 Å². The Kier molecular flexibility index (Phi) is 3.76. The SMILES string of the molecule is COc1ccc(CN2C(=O)CS(=O)CC2=O)cc1. The zero-order chi connectivity index (χ0) is 13.1. The minimum Gasteiger partial charge on any atom is -0.497 e. The van der Waals surface area contributed by atoms with Crippen LogP contribution in [0.5, 0.6) is 5.75 Å². The van der Waals surface area contributed by atoms with Gasteiger partial charge in [-0.25, -0.2) is 0 Å². The minimum absolute atomic E-state index is 0.0676. The van der Waals surface area contributed by atoms with Crippen LogP contribution in [0, 0.1) is 0 Å². The molecule has 0 aliphatic carbocycles. The quantitative estimate of drug-likeness (QED) is 0.740. The molecule has 96 valence electrons. The van der Waals surface area contributed by atoms with Crippen molar-refractivity contribution in [3.8, 4) is 5.75 Å². The lowest BCUT2D eigenvalue weighted by Gasteiger charge is -2.24. The molecule has 5 nitrogen and oxygen atoms in total. The average molecular weight is 267 g/mol. The topological polar surface area (TPSA) is 63.7 Å². The number of benzene rings is 1. The lowest BCUT2D eigenvalue weighted by molar-refractivity contribution is -0.143. The fraction of sp³-hybridized carbons (Fsp3) is 0.333. The molecule has 0 atom stereocenters. The van der Waals surface area contributed by atoms with Crippen molar-refractivity contribution in [2.45, 2.75) is 6.54 Å². The van der Waals surface area contributed by atoms with Gasteiger partial charge in [0.2, 0.25) is 11.8 Å². The molecule has 1 fully saturated rings. The van der Waals surface area contributed by atoms with E-state index < -0.39 is 10.8 Å². The Morgan fingerprint density at radius 1 is 1.17 bits per heavy atom. The maximum Gasteiger partial charge on any atom is 0.242 e. The van der Waals surface area contributed by atoms with Crippen LogP contribution in [0.1, 0.15) is 5.56 Å². The van der Waals surface area contributed by atoms with E-state index in [9.17, 15) is 13.8 Å². The third kappa shape index (κ3) is 2.76. The molecular formula is C12H13NO4S. The van der Waals surface area contributed by atoms with Gasteiger partial charge in [0.15, 0.2) is 0 Å². The number of rotatable bonds is 3. The highest BCUT2D eigenvalue weighted by atomic mass is 32.2. The van der Waals surface area contributed by atoms with Crippen molar-refractivity contribution in [2.75, 3.05) is 18.6 Å². The van der Waals surface area contributed by atoms with Crippen molar-refractivity contribution >= 4 is 22.6 Å². The van der Waals surface area contributed by atoms with Gasteiger partial charge in [-0.2, -0.15) is 0 Å². The van der Waals surface area contributed by atoms with E-state index in [1.165, 1.54) is 0 Å². The summed E-state index contributed by atoms with van der Waals surface area (Å²) in [6.45, 7) is 0.221. The molecule has 1 aromatic rings. The second-order valence-corrected chi connectivity index (χ2v) is 5.41. The fourth-order valence-electron chi connectivity index (χ4n) is 1.71. The van der Waals surface area contributed by atoms with Crippen molar-refractivity contribution in [1.82, 2.24) is 4.90 Å². The Morgan fingerprint density at radius 3 is 2.22 bits per heavy atom. The van der Waals surface area contributed by atoms with E-state index in [2.05, 4.69) is 0 Å². The number of carbonyl (C=O) groups excluding carboxylic acids is 2. The molecule has 1 aliphatic rings. The van der Waals surface area contributed by atoms with Crippen molar-refractivity contribution in [3.05, 3.63) is 29.8 Å². The number of hydrogen-bond donors (Lipinski definition) is 0. The van der Waals surface area contributed by atoms with Crippen LogP contribution in [0.4, 0.5) is 0 Å². The number of amides is 2. The Morgan fingerprint density at radius 2 is 1.72 bits per heavy atom. The van der Waals surface area contributed by atoms with Crippen LogP contribution in [0.25, 0.3) is 0 Å². The minimum atomic E-state index is -1.34. The third-order valence-electron chi connectivity index (χ3n) is 2.67. The maximum absolute atomic E-state index is 11.6. The highest BCUT2D eigenvalue weighted by Crippen LogP contribution is 2.14. The van der Waals surface area contributed by atoms with Gasteiger partial charge in [-0.15, -0.1) is 0 Å². The summed E-state index contributed by atoms with van der Waals surface area (Å²) in [5.74, 6) is -0.166. The first-order valence-corrected chi connectivity index (χ1v) is 6.90. The number of hydrogen-bond acceptors (Lipinski definition) is 4.